The van der Waals surface area contributed by atoms with Crippen LogP contribution in [-0.2, 0) is 6.54 Å². The van der Waals surface area contributed by atoms with Crippen molar-refractivity contribution in [3.8, 4) is 11.5 Å². The van der Waals surface area contributed by atoms with E-state index in [4.69, 9.17) is 13.9 Å². The summed E-state index contributed by atoms with van der Waals surface area (Å²) in [6, 6.07) is 7.52. The molecule has 2 heterocycles. The molecule has 1 aromatic heterocycles. The average molecular weight is 261 g/mol. The Bertz CT molecular complexity index is 656. The van der Waals surface area contributed by atoms with Crippen LogP contribution in [0.5, 0.6) is 11.5 Å². The Morgan fingerprint density at radius 2 is 2.00 bits per heavy atom. The third-order valence-corrected chi connectivity index (χ3v) is 3.33. The summed E-state index contributed by atoms with van der Waals surface area (Å²) in [4.78, 5) is 11.7. The van der Waals surface area contributed by atoms with Crippen molar-refractivity contribution < 1.29 is 13.9 Å². The number of fused-ring (bicyclic) bond motifs is 1. The first-order chi connectivity index (χ1) is 9.15. The Balaban J connectivity index is 1.81. The van der Waals surface area contributed by atoms with Crippen LogP contribution < -0.4 is 15.2 Å². The number of aryl methyl sites for hydroxylation is 1. The molecule has 0 saturated heterocycles. The summed E-state index contributed by atoms with van der Waals surface area (Å²) in [5, 5.41) is 0. The summed E-state index contributed by atoms with van der Waals surface area (Å²) in [5.41, 5.74) is 0.826. The van der Waals surface area contributed by atoms with Crippen molar-refractivity contribution >= 4 is 0 Å². The largest absolute Gasteiger partial charge is 0.486 e. The standard InChI is InChI=1S/C14H15NO4/c1-9-10(2)18-14(16)15(9)7-11-8-17-12-5-3-4-6-13(12)19-11/h3-6,11H,7-8H2,1-2H3. The summed E-state index contributed by atoms with van der Waals surface area (Å²) in [7, 11) is 0. The fourth-order valence-electron chi connectivity index (χ4n) is 2.16. The van der Waals surface area contributed by atoms with Crippen molar-refractivity contribution in [1.82, 2.24) is 4.57 Å². The molecule has 0 amide bonds. The molecular formula is C14H15NO4. The molecule has 0 saturated carbocycles. The van der Waals surface area contributed by atoms with E-state index in [2.05, 4.69) is 0 Å². The maximum atomic E-state index is 11.7. The molecule has 3 rings (SSSR count). The zero-order valence-corrected chi connectivity index (χ0v) is 10.9. The van der Waals surface area contributed by atoms with Gasteiger partial charge in [-0.15, -0.1) is 0 Å². The van der Waals surface area contributed by atoms with Gasteiger partial charge in [0, 0.05) is 0 Å². The van der Waals surface area contributed by atoms with E-state index in [-0.39, 0.29) is 11.9 Å². The maximum Gasteiger partial charge on any atom is 0.419 e. The lowest BCUT2D eigenvalue weighted by Gasteiger charge is -2.26. The summed E-state index contributed by atoms with van der Waals surface area (Å²) in [6.07, 6.45) is -0.191. The average Bonchev–Trinajstić information content (AvgIpc) is 2.65. The van der Waals surface area contributed by atoms with E-state index < -0.39 is 0 Å². The number of nitrogens with zero attached hydrogens (tertiary/aromatic N) is 1. The Kier molecular flexibility index (Phi) is 2.81. The van der Waals surface area contributed by atoms with Crippen LogP contribution in [-0.4, -0.2) is 17.3 Å². The van der Waals surface area contributed by atoms with E-state index in [1.807, 2.05) is 31.2 Å². The minimum Gasteiger partial charge on any atom is -0.486 e. The van der Waals surface area contributed by atoms with Gasteiger partial charge in [-0.3, -0.25) is 4.57 Å². The quantitative estimate of drug-likeness (QED) is 0.828. The minimum atomic E-state index is -0.350. The van der Waals surface area contributed by atoms with Gasteiger partial charge in [0.1, 0.15) is 12.4 Å². The first-order valence-electron chi connectivity index (χ1n) is 6.20. The monoisotopic (exact) mass is 261 g/mol. The molecule has 1 aromatic carbocycles. The van der Waals surface area contributed by atoms with Gasteiger partial charge in [0.25, 0.3) is 0 Å². The summed E-state index contributed by atoms with van der Waals surface area (Å²) in [5.74, 6) is 1.75. The number of rotatable bonds is 2. The van der Waals surface area contributed by atoms with Crippen molar-refractivity contribution in [2.75, 3.05) is 6.61 Å². The lowest BCUT2D eigenvalue weighted by Crippen LogP contribution is -2.35. The van der Waals surface area contributed by atoms with Crippen LogP contribution in [0.15, 0.2) is 33.5 Å². The van der Waals surface area contributed by atoms with E-state index in [9.17, 15) is 4.79 Å². The van der Waals surface area contributed by atoms with Gasteiger partial charge >= 0.3 is 5.76 Å². The molecule has 0 spiro atoms. The van der Waals surface area contributed by atoms with Crippen molar-refractivity contribution in [2.24, 2.45) is 0 Å². The zero-order chi connectivity index (χ0) is 13.4. The van der Waals surface area contributed by atoms with Crippen LogP contribution in [0.4, 0.5) is 0 Å². The Morgan fingerprint density at radius 1 is 1.26 bits per heavy atom. The molecule has 1 aliphatic heterocycles. The number of benzene rings is 1. The number of aromatic nitrogens is 1. The highest BCUT2D eigenvalue weighted by Gasteiger charge is 2.23. The second kappa shape index (κ2) is 4.50. The molecular weight excluding hydrogens is 246 g/mol. The lowest BCUT2D eigenvalue weighted by molar-refractivity contribution is 0.0767. The van der Waals surface area contributed by atoms with Gasteiger partial charge in [-0.2, -0.15) is 0 Å². The molecule has 0 N–H and O–H groups in total. The highest BCUT2D eigenvalue weighted by Crippen LogP contribution is 2.31. The van der Waals surface area contributed by atoms with Crippen LogP contribution in [0.25, 0.3) is 0 Å². The number of oxazole rings is 1. The molecule has 100 valence electrons. The van der Waals surface area contributed by atoms with E-state index >= 15 is 0 Å². The molecule has 0 aliphatic carbocycles. The Morgan fingerprint density at radius 3 is 2.68 bits per heavy atom. The SMILES string of the molecule is Cc1oc(=O)n(CC2COc3ccccc3O2)c1C. The van der Waals surface area contributed by atoms with Crippen molar-refractivity contribution in [2.45, 2.75) is 26.5 Å². The normalized spacial score (nSPS) is 17.5. The lowest BCUT2D eigenvalue weighted by atomic mass is 10.2. The first kappa shape index (κ1) is 11.9. The number of ether oxygens (including phenoxy) is 2. The molecule has 2 aromatic rings. The highest BCUT2D eigenvalue weighted by atomic mass is 16.6. The highest BCUT2D eigenvalue weighted by molar-refractivity contribution is 5.40. The van der Waals surface area contributed by atoms with Crippen LogP contribution in [0.2, 0.25) is 0 Å². The molecule has 0 fully saturated rings. The molecule has 19 heavy (non-hydrogen) atoms. The topological polar surface area (TPSA) is 53.6 Å². The first-order valence-corrected chi connectivity index (χ1v) is 6.20. The molecule has 0 radical (unpaired) electrons. The van der Waals surface area contributed by atoms with E-state index in [0.717, 1.165) is 11.4 Å². The third kappa shape index (κ3) is 2.12. The van der Waals surface area contributed by atoms with Crippen molar-refractivity contribution in [1.29, 1.82) is 0 Å². The van der Waals surface area contributed by atoms with Crippen LogP contribution >= 0.6 is 0 Å². The molecule has 1 atom stereocenters. The summed E-state index contributed by atoms with van der Waals surface area (Å²) in [6.45, 7) is 4.49. The van der Waals surface area contributed by atoms with E-state index in [1.165, 1.54) is 0 Å². The predicted octanol–water partition coefficient (Wildman–Crippen LogP) is 1.90. The molecule has 0 bridgehead atoms. The van der Waals surface area contributed by atoms with Gasteiger partial charge in [-0.25, -0.2) is 4.79 Å². The predicted molar refractivity (Wildman–Crippen MR) is 68.8 cm³/mol. The van der Waals surface area contributed by atoms with E-state index in [1.54, 1.807) is 11.5 Å². The Labute approximate surface area is 110 Å². The van der Waals surface area contributed by atoms with Crippen molar-refractivity contribution in [3.63, 3.8) is 0 Å². The second-order valence-electron chi connectivity index (χ2n) is 4.62. The molecule has 5 heteroatoms. The van der Waals surface area contributed by atoms with Crippen LogP contribution in [0, 0.1) is 13.8 Å². The van der Waals surface area contributed by atoms with Crippen LogP contribution in [0.1, 0.15) is 11.5 Å². The van der Waals surface area contributed by atoms with Gasteiger partial charge < -0.3 is 13.9 Å². The van der Waals surface area contributed by atoms with Crippen molar-refractivity contribution in [3.05, 3.63) is 46.3 Å². The van der Waals surface area contributed by atoms with E-state index in [0.29, 0.717) is 24.7 Å². The second-order valence-corrected chi connectivity index (χ2v) is 4.62. The van der Waals surface area contributed by atoms with Gasteiger partial charge in [-0.05, 0) is 26.0 Å². The number of para-hydroxylation sites is 2. The fraction of sp³-hybridized carbons (Fsp3) is 0.357. The molecule has 5 nitrogen and oxygen atoms in total. The van der Waals surface area contributed by atoms with Gasteiger partial charge in [-0.1, -0.05) is 12.1 Å². The van der Waals surface area contributed by atoms with Crippen LogP contribution in [0.3, 0.4) is 0 Å². The number of hydrogen-bond acceptors (Lipinski definition) is 4. The van der Waals surface area contributed by atoms with Gasteiger partial charge in [0.2, 0.25) is 0 Å². The van der Waals surface area contributed by atoms with Gasteiger partial charge in [0.15, 0.2) is 17.6 Å². The molecule has 1 aliphatic rings. The Hall–Kier alpha value is -2.17. The zero-order valence-electron chi connectivity index (χ0n) is 10.9. The van der Waals surface area contributed by atoms with Gasteiger partial charge in [0.05, 0.1) is 12.2 Å². The maximum absolute atomic E-state index is 11.7. The summed E-state index contributed by atoms with van der Waals surface area (Å²) >= 11 is 0. The summed E-state index contributed by atoms with van der Waals surface area (Å²) < 4.78 is 18.1. The minimum absolute atomic E-state index is 0.191. The number of hydrogen-bond donors (Lipinski definition) is 0. The fourth-order valence-corrected chi connectivity index (χ4v) is 2.16. The smallest absolute Gasteiger partial charge is 0.419 e. The third-order valence-electron chi connectivity index (χ3n) is 3.33. The molecule has 1 unspecified atom stereocenters.